The Morgan fingerprint density at radius 2 is 1.84 bits per heavy atom. The van der Waals surface area contributed by atoms with Crippen molar-refractivity contribution in [3.05, 3.63) is 56.7 Å². The molecule has 25 heavy (non-hydrogen) atoms. The molecule has 130 valence electrons. The highest BCUT2D eigenvalue weighted by atomic mass is 32.1. The molecule has 1 aromatic carbocycles. The maximum Gasteiger partial charge on any atom is 0.267 e. The topological polar surface area (TPSA) is 88.0 Å². The summed E-state index contributed by atoms with van der Waals surface area (Å²) in [4.78, 5) is 28.0. The Hall–Kier alpha value is -2.60. The van der Waals surface area contributed by atoms with Gasteiger partial charge in [-0.3, -0.25) is 9.59 Å². The fraction of sp³-hybridized carbons (Fsp3) is 0.263. The third kappa shape index (κ3) is 3.30. The zero-order chi connectivity index (χ0) is 18.4. The van der Waals surface area contributed by atoms with Gasteiger partial charge in [0.05, 0.1) is 5.69 Å². The lowest BCUT2D eigenvalue weighted by Crippen LogP contribution is -2.13. The molecular formula is C19H21N3O2S. The number of aromatic nitrogens is 1. The highest BCUT2D eigenvalue weighted by Gasteiger charge is 2.19. The molecule has 4 N–H and O–H groups in total. The first-order valence-electron chi connectivity index (χ1n) is 8.00. The van der Waals surface area contributed by atoms with E-state index in [-0.39, 0.29) is 16.9 Å². The smallest absolute Gasteiger partial charge is 0.267 e. The second-order valence-corrected chi connectivity index (χ2v) is 8.17. The first kappa shape index (κ1) is 17.2. The van der Waals surface area contributed by atoms with E-state index in [1.54, 1.807) is 0 Å². The molecule has 0 aliphatic rings. The molecule has 0 unspecified atom stereocenters. The van der Waals surface area contributed by atoms with E-state index in [1.165, 1.54) is 23.0 Å². The minimum absolute atomic E-state index is 0.0574. The molecule has 0 aliphatic carbocycles. The number of nitrogens with two attached hydrogens (primary N) is 1. The normalized spacial score (nSPS) is 11.7. The molecule has 0 aliphatic heterocycles. The number of hydrogen-bond acceptors (Lipinski definition) is 4. The monoisotopic (exact) mass is 355 g/mol. The molecular weight excluding hydrogens is 334 g/mol. The molecule has 0 bridgehead atoms. The van der Waals surface area contributed by atoms with Crippen molar-refractivity contribution >= 4 is 38.8 Å². The zero-order valence-electron chi connectivity index (χ0n) is 14.7. The first-order chi connectivity index (χ1) is 11.7. The second-order valence-electron chi connectivity index (χ2n) is 7.15. The average Bonchev–Trinajstić information content (AvgIpc) is 2.84. The van der Waals surface area contributed by atoms with Crippen molar-refractivity contribution in [2.75, 3.05) is 11.1 Å². The van der Waals surface area contributed by atoms with Crippen molar-refractivity contribution in [1.29, 1.82) is 0 Å². The Morgan fingerprint density at radius 3 is 2.44 bits per heavy atom. The quantitative estimate of drug-likeness (QED) is 0.648. The Bertz CT molecular complexity index is 1010. The third-order valence-corrected chi connectivity index (χ3v) is 5.26. The average molecular weight is 355 g/mol. The van der Waals surface area contributed by atoms with E-state index in [2.05, 4.69) is 31.1 Å². The number of amides is 1. The molecule has 5 nitrogen and oxygen atoms in total. The van der Waals surface area contributed by atoms with Crippen LogP contribution >= 0.6 is 11.3 Å². The molecule has 3 aromatic rings. The number of fused-ring (bicyclic) bond motifs is 1. The van der Waals surface area contributed by atoms with Crippen molar-refractivity contribution < 1.29 is 4.79 Å². The number of nitrogen functional groups attached to an aromatic ring is 1. The van der Waals surface area contributed by atoms with Crippen LogP contribution in [0.5, 0.6) is 0 Å². The van der Waals surface area contributed by atoms with Crippen LogP contribution in [-0.2, 0) is 5.41 Å². The summed E-state index contributed by atoms with van der Waals surface area (Å²) in [6.45, 7) is 8.23. The highest BCUT2D eigenvalue weighted by molar-refractivity contribution is 7.21. The molecule has 0 fully saturated rings. The van der Waals surface area contributed by atoms with Gasteiger partial charge in [-0.15, -0.1) is 11.3 Å². The summed E-state index contributed by atoms with van der Waals surface area (Å²) in [7, 11) is 0. The SMILES string of the molecule is Cc1cc(=O)[nH]c2sc(C(=O)Nc3ccc(C(C)(C)C)cc3)c(N)c12. The van der Waals surface area contributed by atoms with Crippen molar-refractivity contribution in [3.63, 3.8) is 0 Å². The Morgan fingerprint density at radius 1 is 1.20 bits per heavy atom. The number of pyridine rings is 1. The van der Waals surface area contributed by atoms with Crippen LogP contribution in [0.25, 0.3) is 10.2 Å². The number of aromatic amines is 1. The number of anilines is 2. The molecule has 0 saturated carbocycles. The predicted molar refractivity (Wildman–Crippen MR) is 105 cm³/mol. The van der Waals surface area contributed by atoms with Gasteiger partial charge in [0.1, 0.15) is 9.71 Å². The Balaban J connectivity index is 1.91. The maximum absolute atomic E-state index is 12.6. The molecule has 0 radical (unpaired) electrons. The van der Waals surface area contributed by atoms with E-state index >= 15 is 0 Å². The van der Waals surface area contributed by atoms with Gasteiger partial charge in [0.25, 0.3) is 5.91 Å². The van der Waals surface area contributed by atoms with Crippen LogP contribution in [0.15, 0.2) is 35.1 Å². The van der Waals surface area contributed by atoms with Gasteiger partial charge in [0.2, 0.25) is 5.56 Å². The van der Waals surface area contributed by atoms with Crippen LogP contribution in [0.3, 0.4) is 0 Å². The standard InChI is InChI=1S/C19H21N3O2S/c1-10-9-13(23)22-18-14(10)15(20)16(25-18)17(24)21-12-7-5-11(6-8-12)19(2,3)4/h5-9H,20H2,1-4H3,(H,21,24)(H,22,23). The number of benzene rings is 1. The summed E-state index contributed by atoms with van der Waals surface area (Å²) in [5.41, 5.74) is 9.08. The molecule has 3 rings (SSSR count). The van der Waals surface area contributed by atoms with Crippen LogP contribution in [0.4, 0.5) is 11.4 Å². The van der Waals surface area contributed by atoms with Gasteiger partial charge in [-0.05, 0) is 35.6 Å². The number of thiophene rings is 1. The largest absolute Gasteiger partial charge is 0.397 e. The number of H-pyrrole nitrogens is 1. The summed E-state index contributed by atoms with van der Waals surface area (Å²) in [5, 5.41) is 3.61. The third-order valence-electron chi connectivity index (χ3n) is 4.14. The minimum atomic E-state index is -0.276. The summed E-state index contributed by atoms with van der Waals surface area (Å²) in [6.07, 6.45) is 0. The second kappa shape index (κ2) is 6.04. The van der Waals surface area contributed by atoms with E-state index in [1.807, 2.05) is 31.2 Å². The van der Waals surface area contributed by atoms with E-state index in [0.29, 0.717) is 21.1 Å². The maximum atomic E-state index is 12.6. The van der Waals surface area contributed by atoms with Gasteiger partial charge < -0.3 is 16.0 Å². The van der Waals surface area contributed by atoms with Crippen molar-refractivity contribution in [3.8, 4) is 0 Å². The van der Waals surface area contributed by atoms with Crippen LogP contribution in [-0.4, -0.2) is 10.9 Å². The number of rotatable bonds is 2. The fourth-order valence-corrected chi connectivity index (χ4v) is 3.83. The van der Waals surface area contributed by atoms with Crippen LogP contribution in [0.1, 0.15) is 41.6 Å². The van der Waals surface area contributed by atoms with Crippen LogP contribution in [0.2, 0.25) is 0 Å². The highest BCUT2D eigenvalue weighted by Crippen LogP contribution is 2.34. The lowest BCUT2D eigenvalue weighted by Gasteiger charge is -2.19. The number of aryl methyl sites for hydroxylation is 1. The van der Waals surface area contributed by atoms with Gasteiger partial charge in [-0.1, -0.05) is 32.9 Å². The minimum Gasteiger partial charge on any atom is -0.397 e. The molecule has 0 spiro atoms. The van der Waals surface area contributed by atoms with Crippen molar-refractivity contribution in [2.45, 2.75) is 33.1 Å². The summed E-state index contributed by atoms with van der Waals surface area (Å²) in [6, 6.07) is 9.26. The van der Waals surface area contributed by atoms with E-state index < -0.39 is 0 Å². The predicted octanol–water partition coefficient (Wildman–Crippen LogP) is 4.03. The lowest BCUT2D eigenvalue weighted by atomic mass is 9.87. The van der Waals surface area contributed by atoms with E-state index in [9.17, 15) is 9.59 Å². The van der Waals surface area contributed by atoms with Gasteiger partial charge in [0, 0.05) is 17.1 Å². The first-order valence-corrected chi connectivity index (χ1v) is 8.82. The molecule has 6 heteroatoms. The summed E-state index contributed by atoms with van der Waals surface area (Å²) < 4.78 is 0. The summed E-state index contributed by atoms with van der Waals surface area (Å²) >= 11 is 1.19. The van der Waals surface area contributed by atoms with Crippen LogP contribution < -0.4 is 16.6 Å². The number of carbonyl (C=O) groups is 1. The molecule has 2 aromatic heterocycles. The molecule has 2 heterocycles. The van der Waals surface area contributed by atoms with Gasteiger partial charge in [-0.25, -0.2) is 0 Å². The van der Waals surface area contributed by atoms with Gasteiger partial charge in [-0.2, -0.15) is 0 Å². The number of hydrogen-bond donors (Lipinski definition) is 3. The molecule has 0 saturated heterocycles. The zero-order valence-corrected chi connectivity index (χ0v) is 15.5. The lowest BCUT2D eigenvalue weighted by molar-refractivity contribution is 0.103. The van der Waals surface area contributed by atoms with Gasteiger partial charge in [0.15, 0.2) is 0 Å². The molecule has 0 atom stereocenters. The van der Waals surface area contributed by atoms with E-state index in [0.717, 1.165) is 10.9 Å². The molecule has 1 amide bonds. The number of carbonyl (C=O) groups excluding carboxylic acids is 1. The van der Waals surface area contributed by atoms with Crippen molar-refractivity contribution in [2.24, 2.45) is 0 Å². The summed E-state index contributed by atoms with van der Waals surface area (Å²) in [5.74, 6) is -0.276. The number of nitrogens with one attached hydrogen (secondary N) is 2. The van der Waals surface area contributed by atoms with Crippen LogP contribution in [0, 0.1) is 6.92 Å². The van der Waals surface area contributed by atoms with Crippen molar-refractivity contribution in [1.82, 2.24) is 4.98 Å². The fourth-order valence-electron chi connectivity index (χ4n) is 2.75. The van der Waals surface area contributed by atoms with E-state index in [4.69, 9.17) is 5.73 Å². The Kier molecular flexibility index (Phi) is 4.16. The van der Waals surface area contributed by atoms with Gasteiger partial charge >= 0.3 is 0 Å². The Labute approximate surface area is 149 Å².